The lowest BCUT2D eigenvalue weighted by Crippen LogP contribution is -2.40. The molecule has 1 aliphatic heterocycles. The molecule has 5 N–H and O–H groups in total. The Bertz CT molecular complexity index is 1640. The summed E-state index contributed by atoms with van der Waals surface area (Å²) in [6.45, 7) is 3.85. The van der Waals surface area contributed by atoms with Crippen LogP contribution in [-0.2, 0) is 19.2 Å². The lowest BCUT2D eigenvalue weighted by Gasteiger charge is -2.28. The molecule has 1 atom stereocenters. The minimum atomic E-state index is -5.08. The largest absolute Gasteiger partial charge is 0.490 e. The number of aromatic nitrogens is 2. The van der Waals surface area contributed by atoms with E-state index in [-0.39, 0.29) is 12.5 Å². The van der Waals surface area contributed by atoms with E-state index in [4.69, 9.17) is 39.2 Å². The van der Waals surface area contributed by atoms with Gasteiger partial charge in [0.15, 0.2) is 11.5 Å². The van der Waals surface area contributed by atoms with Gasteiger partial charge in [0.25, 0.3) is 5.91 Å². The minimum absolute atomic E-state index is 0.168. The highest BCUT2D eigenvalue weighted by Gasteiger charge is 2.39. The number of carbonyl (C=O) groups is 4. The van der Waals surface area contributed by atoms with Crippen molar-refractivity contribution >= 4 is 35.2 Å². The highest BCUT2D eigenvalue weighted by Crippen LogP contribution is 2.34. The zero-order valence-corrected chi connectivity index (χ0v) is 27.9. The van der Waals surface area contributed by atoms with Crippen molar-refractivity contribution in [1.82, 2.24) is 15.1 Å². The number of amides is 1. The minimum Gasteiger partial charge on any atom is -0.485 e. The summed E-state index contributed by atoms with van der Waals surface area (Å²) >= 11 is 0. The highest BCUT2D eigenvalue weighted by atomic mass is 19.4. The summed E-state index contributed by atoms with van der Waals surface area (Å²) in [6.07, 6.45) is -14.2. The molecule has 1 amide bonds. The van der Waals surface area contributed by atoms with Gasteiger partial charge in [-0.1, -0.05) is 18.2 Å². The van der Waals surface area contributed by atoms with Gasteiger partial charge < -0.3 is 39.9 Å². The smallest absolute Gasteiger partial charge is 0.485 e. The summed E-state index contributed by atoms with van der Waals surface area (Å²) in [5, 5.41) is 31.5. The Kier molecular flexibility index (Phi) is 16.4. The maximum atomic E-state index is 13.0. The molecule has 0 radical (unpaired) electrons. The van der Waals surface area contributed by atoms with Crippen LogP contribution in [0, 0.1) is 6.92 Å². The number of alkyl halides is 9. The molecule has 0 saturated heterocycles. The first-order valence-electron chi connectivity index (χ1n) is 14.4. The fourth-order valence-electron chi connectivity index (χ4n) is 3.59. The fraction of sp³-hybridized carbons (Fsp3) is 0.367. The summed E-state index contributed by atoms with van der Waals surface area (Å²) in [4.78, 5) is 44.0. The van der Waals surface area contributed by atoms with Crippen LogP contribution in [0.15, 0.2) is 48.7 Å². The summed E-state index contributed by atoms with van der Waals surface area (Å²) in [7, 11) is 6.11. The van der Waals surface area contributed by atoms with Gasteiger partial charge in [0.05, 0.1) is 17.6 Å². The van der Waals surface area contributed by atoms with Gasteiger partial charge in [0.2, 0.25) is 6.10 Å². The second kappa shape index (κ2) is 19.2. The van der Waals surface area contributed by atoms with Crippen LogP contribution in [0.4, 0.5) is 50.9 Å². The van der Waals surface area contributed by atoms with Crippen molar-refractivity contribution in [2.24, 2.45) is 0 Å². The van der Waals surface area contributed by atoms with Crippen LogP contribution in [0.5, 0.6) is 11.5 Å². The van der Waals surface area contributed by atoms with Crippen LogP contribution < -0.4 is 19.7 Å². The monoisotopic (exact) mass is 777 g/mol. The van der Waals surface area contributed by atoms with Crippen LogP contribution >= 0.6 is 0 Å². The second-order valence-electron chi connectivity index (χ2n) is 10.6. The number of anilines is 2. The Morgan fingerprint density at radius 3 is 1.75 bits per heavy atom. The van der Waals surface area contributed by atoms with E-state index in [1.807, 2.05) is 64.6 Å². The molecule has 0 aliphatic carbocycles. The van der Waals surface area contributed by atoms with Crippen LogP contribution in [-0.4, -0.2) is 120 Å². The van der Waals surface area contributed by atoms with Crippen molar-refractivity contribution < 1.29 is 83.5 Å². The number of nitrogens with zero attached hydrogens (tertiary/aromatic N) is 3. The summed E-state index contributed by atoms with van der Waals surface area (Å²) < 4.78 is 107. The molecule has 2 heterocycles. The number of para-hydroxylation sites is 2. The average molecular weight is 778 g/mol. The number of nitrogens with one attached hydrogen (secondary N) is 2. The van der Waals surface area contributed by atoms with Crippen LogP contribution in [0.1, 0.15) is 5.69 Å². The number of carbonyl (C=O) groups excluding carboxylic acids is 1. The van der Waals surface area contributed by atoms with Gasteiger partial charge in [0, 0.05) is 31.4 Å². The topological polar surface area (TPSA) is 195 Å². The molecule has 1 unspecified atom stereocenters. The Morgan fingerprint density at radius 2 is 1.32 bits per heavy atom. The first-order valence-corrected chi connectivity index (χ1v) is 14.4. The quantitative estimate of drug-likeness (QED) is 0.201. The predicted molar refractivity (Wildman–Crippen MR) is 167 cm³/mol. The molecule has 4 rings (SSSR count). The zero-order chi connectivity index (χ0) is 40.9. The van der Waals surface area contributed by atoms with Crippen LogP contribution in [0.2, 0.25) is 0 Å². The number of aliphatic carboxylic acids is 3. The summed E-state index contributed by atoms with van der Waals surface area (Å²) in [5.74, 6) is -7.28. The number of aryl methyl sites for hydroxylation is 1. The van der Waals surface area contributed by atoms with Crippen molar-refractivity contribution in [3.8, 4) is 22.6 Å². The predicted octanol–water partition coefficient (Wildman–Crippen LogP) is 5.06. The first-order chi connectivity index (χ1) is 24.2. The molecule has 1 aromatic heterocycles. The van der Waals surface area contributed by atoms with E-state index in [0.717, 1.165) is 41.3 Å². The Morgan fingerprint density at radius 1 is 0.830 bits per heavy atom. The van der Waals surface area contributed by atoms with Gasteiger partial charge in [0.1, 0.15) is 6.61 Å². The number of hydrogen-bond donors (Lipinski definition) is 5. The molecular weight excluding hydrogens is 745 g/mol. The van der Waals surface area contributed by atoms with Crippen molar-refractivity contribution in [3.63, 3.8) is 0 Å². The van der Waals surface area contributed by atoms with E-state index in [9.17, 15) is 44.3 Å². The molecule has 53 heavy (non-hydrogen) atoms. The summed E-state index contributed by atoms with van der Waals surface area (Å²) in [6, 6.07) is 13.4. The van der Waals surface area contributed by atoms with Gasteiger partial charge in [-0.25, -0.2) is 14.4 Å². The average Bonchev–Trinajstić information content (AvgIpc) is 3.48. The number of rotatable bonds is 7. The standard InChI is InChI=1S/C24H29N5O3.3C2HF3O2/c1-16-18(14-25-27-16)17-9-10-19(20(13-17)29(4)12-11-28(2)3)26-24(30)23-15-31-21-7-5-6-8-22(21)32-23;3*3-2(4,5)1(6)7/h5-10,13-14,23H,11-12,15H2,1-4H3,(H,25,27)(H,26,30);3*(H,6,7). The van der Waals surface area contributed by atoms with E-state index in [1.165, 1.54) is 0 Å². The van der Waals surface area contributed by atoms with Gasteiger partial charge in [-0.3, -0.25) is 9.89 Å². The number of likely N-dealkylation sites (N-methyl/N-ethyl adjacent to an activating group) is 2. The number of aromatic amines is 1. The molecule has 0 fully saturated rings. The Hall–Kier alpha value is -5.74. The maximum Gasteiger partial charge on any atom is 0.490 e. The molecule has 2 aromatic carbocycles. The molecule has 294 valence electrons. The van der Waals surface area contributed by atoms with Crippen LogP contribution in [0.25, 0.3) is 11.1 Å². The number of fused-ring (bicyclic) bond motifs is 1. The molecule has 14 nitrogen and oxygen atoms in total. The Labute approximate surface area is 293 Å². The third kappa shape index (κ3) is 15.6. The van der Waals surface area contributed by atoms with Gasteiger partial charge in [-0.2, -0.15) is 44.6 Å². The third-order valence-electron chi connectivity index (χ3n) is 6.22. The third-order valence-corrected chi connectivity index (χ3v) is 6.22. The van der Waals surface area contributed by atoms with E-state index in [2.05, 4.69) is 31.4 Å². The van der Waals surface area contributed by atoms with Crippen molar-refractivity contribution in [2.45, 2.75) is 31.6 Å². The molecule has 0 bridgehead atoms. The molecule has 3 aromatic rings. The van der Waals surface area contributed by atoms with Crippen molar-refractivity contribution in [2.75, 3.05) is 51.1 Å². The van der Waals surface area contributed by atoms with E-state index in [0.29, 0.717) is 11.5 Å². The number of benzene rings is 2. The number of halogens is 9. The van der Waals surface area contributed by atoms with E-state index < -0.39 is 42.5 Å². The fourth-order valence-corrected chi connectivity index (χ4v) is 3.59. The molecular formula is C30H32F9N5O9. The summed E-state index contributed by atoms with van der Waals surface area (Å²) in [5.41, 5.74) is 4.71. The van der Waals surface area contributed by atoms with Gasteiger partial charge in [-0.15, -0.1) is 0 Å². The number of ether oxygens (including phenoxy) is 2. The molecule has 0 saturated carbocycles. The number of carboxylic acids is 3. The molecule has 1 aliphatic rings. The van der Waals surface area contributed by atoms with Gasteiger partial charge in [-0.05, 0) is 50.8 Å². The highest BCUT2D eigenvalue weighted by molar-refractivity contribution is 5.98. The van der Waals surface area contributed by atoms with E-state index in [1.54, 1.807) is 6.07 Å². The first kappa shape index (κ1) is 45.3. The zero-order valence-electron chi connectivity index (χ0n) is 27.9. The van der Waals surface area contributed by atoms with Gasteiger partial charge >= 0.3 is 36.4 Å². The van der Waals surface area contributed by atoms with Crippen molar-refractivity contribution in [3.05, 3.63) is 54.4 Å². The number of hydrogen-bond acceptors (Lipinski definition) is 9. The normalized spacial score (nSPS) is 13.5. The van der Waals surface area contributed by atoms with Crippen LogP contribution in [0.3, 0.4) is 0 Å². The SMILES string of the molecule is Cc1[nH]ncc1-c1ccc(NC(=O)C2COc3ccccc3O2)c(N(C)CCN(C)C)c1.O=C(O)C(F)(F)F.O=C(O)C(F)(F)F.O=C(O)C(F)(F)F. The maximum absolute atomic E-state index is 13.0. The number of carboxylic acid groups (broad SMARTS) is 3. The Balaban J connectivity index is 0.000000545. The lowest BCUT2D eigenvalue weighted by atomic mass is 10.0. The molecule has 0 spiro atoms. The van der Waals surface area contributed by atoms with Crippen molar-refractivity contribution in [1.29, 1.82) is 0 Å². The van der Waals surface area contributed by atoms with E-state index >= 15 is 0 Å². The number of H-pyrrole nitrogens is 1. The molecule has 23 heteroatoms. The lowest BCUT2D eigenvalue weighted by molar-refractivity contribution is -0.193. The second-order valence-corrected chi connectivity index (χ2v) is 10.6.